The fourth-order valence-corrected chi connectivity index (χ4v) is 7.19. The number of methoxy groups -OCH3 is 3. The first-order valence-electron chi connectivity index (χ1n) is 11.2. The van der Waals surface area contributed by atoms with Crippen LogP contribution in [0.5, 0.6) is 28.7 Å². The van der Waals surface area contributed by atoms with Gasteiger partial charge in [0.2, 0.25) is 12.5 Å². The van der Waals surface area contributed by atoms with Gasteiger partial charge in [0.1, 0.15) is 0 Å². The van der Waals surface area contributed by atoms with Gasteiger partial charge in [0.15, 0.2) is 28.7 Å². The first-order chi connectivity index (χ1) is 18.3. The summed E-state index contributed by atoms with van der Waals surface area (Å²) in [5.74, 6) is 0.674. The molecule has 0 aromatic heterocycles. The predicted octanol–water partition coefficient (Wildman–Crippen LogP) is 4.19. The molecular weight excluding hydrogens is 534 g/mol. The minimum absolute atomic E-state index is 0.000634. The maximum Gasteiger partial charge on any atom is 0.354 e. The summed E-state index contributed by atoms with van der Waals surface area (Å²) in [6.07, 6.45) is 0. The van der Waals surface area contributed by atoms with E-state index < -0.39 is 16.0 Å². The van der Waals surface area contributed by atoms with E-state index in [1.807, 2.05) is 0 Å². The van der Waals surface area contributed by atoms with Crippen LogP contribution in [0.4, 0.5) is 0 Å². The van der Waals surface area contributed by atoms with Crippen molar-refractivity contribution < 1.29 is 42.0 Å². The molecule has 10 nitrogen and oxygen atoms in total. The van der Waals surface area contributed by atoms with Crippen molar-refractivity contribution in [2.24, 2.45) is 0 Å². The quantitative estimate of drug-likeness (QED) is 0.432. The van der Waals surface area contributed by atoms with E-state index in [9.17, 15) is 18.3 Å². The SMILES string of the molecule is COc1cc(CN2C(C(=O)O)=C(Sc3ccc4c(c3)OCO4)c3ccccc3S2(=O)=O)cc(OC)c1OC. The second kappa shape index (κ2) is 10.0. The molecule has 0 spiro atoms. The summed E-state index contributed by atoms with van der Waals surface area (Å²) in [6.45, 7) is -0.198. The third kappa shape index (κ3) is 4.35. The van der Waals surface area contributed by atoms with Crippen LogP contribution in [0.15, 0.2) is 70.1 Å². The number of hydrogen-bond acceptors (Lipinski definition) is 9. The number of nitrogens with zero attached hydrogens (tertiary/aromatic N) is 1. The Morgan fingerprint density at radius 3 is 2.32 bits per heavy atom. The van der Waals surface area contributed by atoms with Crippen LogP contribution in [0.1, 0.15) is 11.1 Å². The molecule has 0 fully saturated rings. The molecule has 0 unspecified atom stereocenters. The second-order valence-corrected chi connectivity index (χ2v) is 11.1. The van der Waals surface area contributed by atoms with Crippen LogP contribution < -0.4 is 23.7 Å². The van der Waals surface area contributed by atoms with Crippen molar-refractivity contribution >= 4 is 32.7 Å². The molecule has 2 aliphatic rings. The summed E-state index contributed by atoms with van der Waals surface area (Å²) in [4.78, 5) is 13.6. The lowest BCUT2D eigenvalue weighted by Gasteiger charge is -2.32. The van der Waals surface area contributed by atoms with E-state index in [0.717, 1.165) is 16.1 Å². The minimum atomic E-state index is -4.24. The van der Waals surface area contributed by atoms with Gasteiger partial charge in [-0.2, -0.15) is 0 Å². The highest BCUT2D eigenvalue weighted by atomic mass is 32.2. The van der Waals surface area contributed by atoms with E-state index in [-0.39, 0.29) is 28.8 Å². The average Bonchev–Trinajstić information content (AvgIpc) is 3.38. The Morgan fingerprint density at radius 1 is 0.974 bits per heavy atom. The lowest BCUT2D eigenvalue weighted by Crippen LogP contribution is -2.37. The fraction of sp³-hybridized carbons (Fsp3) is 0.192. The summed E-state index contributed by atoms with van der Waals surface area (Å²) >= 11 is 1.13. The molecule has 12 heteroatoms. The molecule has 0 saturated carbocycles. The molecule has 0 saturated heterocycles. The van der Waals surface area contributed by atoms with Crippen LogP contribution in [0, 0.1) is 0 Å². The highest BCUT2D eigenvalue weighted by Crippen LogP contribution is 2.48. The lowest BCUT2D eigenvalue weighted by atomic mass is 10.1. The number of benzene rings is 3. The number of hydrogen-bond donors (Lipinski definition) is 1. The summed E-state index contributed by atoms with van der Waals surface area (Å²) in [7, 11) is 0.0985. The summed E-state index contributed by atoms with van der Waals surface area (Å²) in [5, 5.41) is 10.3. The van der Waals surface area contributed by atoms with E-state index >= 15 is 0 Å². The zero-order valence-electron chi connectivity index (χ0n) is 20.6. The average molecular weight is 558 g/mol. The van der Waals surface area contributed by atoms with Crippen LogP contribution in [0.25, 0.3) is 4.91 Å². The maximum absolute atomic E-state index is 13.8. The van der Waals surface area contributed by atoms with Gasteiger partial charge < -0.3 is 28.8 Å². The molecule has 2 aliphatic heterocycles. The third-order valence-electron chi connectivity index (χ3n) is 5.98. The largest absolute Gasteiger partial charge is 0.493 e. The first kappa shape index (κ1) is 25.6. The maximum atomic E-state index is 13.8. The number of sulfonamides is 1. The lowest BCUT2D eigenvalue weighted by molar-refractivity contribution is -0.133. The Bertz CT molecular complexity index is 1540. The van der Waals surface area contributed by atoms with E-state index in [4.69, 9.17) is 23.7 Å². The normalized spacial score (nSPS) is 15.2. The van der Waals surface area contributed by atoms with Gasteiger partial charge in [0.05, 0.1) is 37.7 Å². The Labute approximate surface area is 223 Å². The van der Waals surface area contributed by atoms with Crippen LogP contribution in [-0.4, -0.2) is 51.9 Å². The standard InChI is InChI=1S/C26H23NO9S2/c1-32-20-10-15(11-21(33-2)24(20)34-3)13-27-23(26(28)29)25(17-6-4-5-7-22(17)38(27,30)31)37-16-8-9-18-19(12-16)36-14-35-18/h4-12H,13-14H2,1-3H3,(H,28,29). The molecular formula is C26H23NO9S2. The van der Waals surface area contributed by atoms with E-state index in [1.165, 1.54) is 27.4 Å². The van der Waals surface area contributed by atoms with Gasteiger partial charge in [0.25, 0.3) is 10.0 Å². The number of carboxylic acids is 1. The molecule has 1 N–H and O–H groups in total. The first-order valence-corrected chi connectivity index (χ1v) is 13.5. The number of carboxylic acid groups (broad SMARTS) is 1. The number of carbonyl (C=O) groups is 1. The number of ether oxygens (including phenoxy) is 5. The van der Waals surface area contributed by atoms with Gasteiger partial charge in [-0.1, -0.05) is 30.0 Å². The van der Waals surface area contributed by atoms with Crippen molar-refractivity contribution in [2.45, 2.75) is 16.3 Å². The number of thioether (sulfide) groups is 1. The van der Waals surface area contributed by atoms with Crippen molar-refractivity contribution in [2.75, 3.05) is 28.1 Å². The van der Waals surface area contributed by atoms with Crippen molar-refractivity contribution in [1.29, 1.82) is 0 Å². The van der Waals surface area contributed by atoms with Crippen LogP contribution >= 0.6 is 11.8 Å². The molecule has 5 rings (SSSR count). The van der Waals surface area contributed by atoms with Gasteiger partial charge in [-0.3, -0.25) is 4.31 Å². The summed E-state index contributed by atoms with van der Waals surface area (Å²) in [6, 6.07) is 14.7. The van der Waals surface area contributed by atoms with E-state index in [2.05, 4.69) is 0 Å². The molecule has 2 heterocycles. The number of aliphatic carboxylic acids is 1. The van der Waals surface area contributed by atoms with Crippen LogP contribution in [0.2, 0.25) is 0 Å². The highest BCUT2D eigenvalue weighted by molar-refractivity contribution is 8.08. The monoisotopic (exact) mass is 557 g/mol. The topological polar surface area (TPSA) is 121 Å². The predicted molar refractivity (Wildman–Crippen MR) is 138 cm³/mol. The zero-order chi connectivity index (χ0) is 27.0. The molecule has 0 atom stereocenters. The smallest absolute Gasteiger partial charge is 0.354 e. The Balaban J connectivity index is 1.67. The molecule has 0 radical (unpaired) electrons. The van der Waals surface area contributed by atoms with Crippen LogP contribution in [-0.2, 0) is 21.4 Å². The minimum Gasteiger partial charge on any atom is -0.493 e. The molecule has 198 valence electrons. The summed E-state index contributed by atoms with van der Waals surface area (Å²) in [5.41, 5.74) is 0.363. The van der Waals surface area contributed by atoms with Crippen molar-refractivity contribution in [3.05, 3.63) is 71.4 Å². The van der Waals surface area contributed by atoms with Crippen molar-refractivity contribution in [3.63, 3.8) is 0 Å². The Kier molecular flexibility index (Phi) is 6.76. The molecule has 0 amide bonds. The number of fused-ring (bicyclic) bond motifs is 2. The third-order valence-corrected chi connectivity index (χ3v) is 8.89. The van der Waals surface area contributed by atoms with Crippen LogP contribution in [0.3, 0.4) is 0 Å². The van der Waals surface area contributed by atoms with Gasteiger partial charge in [-0.15, -0.1) is 0 Å². The number of rotatable bonds is 8. The van der Waals surface area contributed by atoms with Gasteiger partial charge in [0, 0.05) is 10.5 Å². The van der Waals surface area contributed by atoms with Crippen molar-refractivity contribution in [3.8, 4) is 28.7 Å². The van der Waals surface area contributed by atoms with Gasteiger partial charge >= 0.3 is 5.97 Å². The molecule has 3 aromatic carbocycles. The van der Waals surface area contributed by atoms with E-state index in [1.54, 1.807) is 48.5 Å². The molecule has 0 bridgehead atoms. The fourth-order valence-electron chi connectivity index (χ4n) is 4.28. The zero-order valence-corrected chi connectivity index (χ0v) is 22.2. The highest BCUT2D eigenvalue weighted by Gasteiger charge is 2.40. The Hall–Kier alpha value is -4.03. The molecule has 0 aliphatic carbocycles. The van der Waals surface area contributed by atoms with Gasteiger partial charge in [-0.25, -0.2) is 13.2 Å². The Morgan fingerprint density at radius 2 is 1.66 bits per heavy atom. The summed E-state index contributed by atoms with van der Waals surface area (Å²) < 4.78 is 55.5. The van der Waals surface area contributed by atoms with E-state index in [0.29, 0.717) is 44.8 Å². The van der Waals surface area contributed by atoms with Gasteiger partial charge in [-0.05, 0) is 42.0 Å². The molecule has 3 aromatic rings. The second-order valence-electron chi connectivity index (χ2n) is 8.14. The van der Waals surface area contributed by atoms with Crippen molar-refractivity contribution in [1.82, 2.24) is 4.31 Å². The molecule has 38 heavy (non-hydrogen) atoms.